The highest BCUT2D eigenvalue weighted by molar-refractivity contribution is 6.09. The first-order valence-electron chi connectivity index (χ1n) is 20.4. The Morgan fingerprint density at radius 2 is 0.932 bits per heavy atom. The van der Waals surface area contributed by atoms with E-state index in [9.17, 15) is 0 Å². The average Bonchev–Trinajstić information content (AvgIpc) is 3.91. The molecule has 0 aliphatic heterocycles. The van der Waals surface area contributed by atoms with Crippen molar-refractivity contribution in [1.82, 2.24) is 9.97 Å². The third kappa shape index (κ3) is 4.70. The molecule has 0 fully saturated rings. The van der Waals surface area contributed by atoms with Crippen LogP contribution in [0.5, 0.6) is 0 Å². The fraction of sp³-hybridized carbons (Fsp3) is 0.0714. The zero-order valence-corrected chi connectivity index (χ0v) is 32.8. The molecule has 59 heavy (non-hydrogen) atoms. The summed E-state index contributed by atoms with van der Waals surface area (Å²) in [4.78, 5) is 11.3. The summed E-state index contributed by atoms with van der Waals surface area (Å²) in [5.41, 5.74) is 18.0. The van der Waals surface area contributed by atoms with Gasteiger partial charge in [0.05, 0.1) is 16.8 Å². The first-order valence-corrected chi connectivity index (χ1v) is 20.4. The van der Waals surface area contributed by atoms with Crippen molar-refractivity contribution in [3.05, 3.63) is 228 Å². The number of aromatic nitrogens is 2. The summed E-state index contributed by atoms with van der Waals surface area (Å²) in [6.45, 7) is 4.66. The van der Waals surface area contributed by atoms with Gasteiger partial charge in [0.25, 0.3) is 0 Å². The molecule has 0 radical (unpaired) electrons. The second-order valence-corrected chi connectivity index (χ2v) is 16.4. The lowest BCUT2D eigenvalue weighted by Gasteiger charge is -2.35. The highest BCUT2D eigenvalue weighted by atomic mass is 16.3. The van der Waals surface area contributed by atoms with Crippen molar-refractivity contribution in [1.29, 1.82) is 0 Å². The van der Waals surface area contributed by atoms with Gasteiger partial charge < -0.3 is 4.42 Å². The second-order valence-electron chi connectivity index (χ2n) is 16.4. The van der Waals surface area contributed by atoms with Crippen LogP contribution in [-0.4, -0.2) is 9.97 Å². The fourth-order valence-electron chi connectivity index (χ4n) is 10.4. The summed E-state index contributed by atoms with van der Waals surface area (Å²) in [5, 5.41) is 2.16. The molecular weight excluding hydrogens is 717 g/mol. The molecule has 0 unspecified atom stereocenters. The molecule has 278 valence electrons. The molecule has 0 saturated heterocycles. The molecule has 0 saturated carbocycles. The van der Waals surface area contributed by atoms with Crippen molar-refractivity contribution in [3.63, 3.8) is 0 Å². The molecule has 10 aromatic rings. The Labute approximate surface area is 343 Å². The number of rotatable bonds is 5. The summed E-state index contributed by atoms with van der Waals surface area (Å²) in [6, 6.07) is 69.9. The molecule has 3 nitrogen and oxygen atoms in total. The molecule has 2 aliphatic carbocycles. The predicted molar refractivity (Wildman–Crippen MR) is 240 cm³/mol. The molecule has 0 amide bonds. The van der Waals surface area contributed by atoms with E-state index in [1.165, 1.54) is 55.6 Å². The standard InChI is InChI=1S/C56H38N2O/c1-55(2)45-30-12-10-24-41(45)51-42(27-17-32-47(51)55)48-34-49(43-28-16-26-40-38-23-11-14-33-50(38)59-53(40)43)58-54(57-48)44-29-15-25-39-37-22-9-13-31-46(37)56(52(39)44,35-18-5-3-6-19-35)36-20-7-4-8-21-36/h3-34H,1-2H3. The molecule has 0 spiro atoms. The van der Waals surface area contributed by atoms with E-state index >= 15 is 0 Å². The Hall–Kier alpha value is -7.36. The normalized spacial score (nSPS) is 14.2. The molecule has 2 aromatic heterocycles. The van der Waals surface area contributed by atoms with Gasteiger partial charge in [-0.3, -0.25) is 0 Å². The molecule has 8 aromatic carbocycles. The fourth-order valence-corrected chi connectivity index (χ4v) is 10.4. The van der Waals surface area contributed by atoms with Gasteiger partial charge in [-0.05, 0) is 73.8 Å². The van der Waals surface area contributed by atoms with Crippen LogP contribution in [-0.2, 0) is 10.8 Å². The Kier molecular flexibility index (Phi) is 7.19. The van der Waals surface area contributed by atoms with Crippen LogP contribution in [0.3, 0.4) is 0 Å². The van der Waals surface area contributed by atoms with Crippen LogP contribution in [0.1, 0.15) is 47.2 Å². The van der Waals surface area contributed by atoms with E-state index in [1.807, 2.05) is 12.1 Å². The Bertz CT molecular complexity index is 3260. The third-order valence-electron chi connectivity index (χ3n) is 13.0. The van der Waals surface area contributed by atoms with Gasteiger partial charge in [0.15, 0.2) is 5.82 Å². The van der Waals surface area contributed by atoms with Gasteiger partial charge in [0.2, 0.25) is 0 Å². The zero-order valence-electron chi connectivity index (χ0n) is 32.8. The molecule has 0 N–H and O–H groups in total. The largest absolute Gasteiger partial charge is 0.455 e. The third-order valence-corrected chi connectivity index (χ3v) is 13.0. The SMILES string of the molecule is CC1(C)c2ccccc2-c2c(-c3cc(-c4cccc5c4oc4ccccc45)nc(-c4cccc5c4C(c4ccccc4)(c4ccccc4)c4ccccc4-5)n3)cccc21. The predicted octanol–water partition coefficient (Wildman–Crippen LogP) is 14.0. The van der Waals surface area contributed by atoms with E-state index in [0.717, 1.165) is 50.0 Å². The summed E-state index contributed by atoms with van der Waals surface area (Å²) in [7, 11) is 0. The van der Waals surface area contributed by atoms with Crippen molar-refractivity contribution in [2.24, 2.45) is 0 Å². The average molecular weight is 755 g/mol. The maximum Gasteiger partial charge on any atom is 0.160 e. The lowest BCUT2D eigenvalue weighted by Crippen LogP contribution is -2.29. The van der Waals surface area contributed by atoms with Crippen LogP contribution in [0, 0.1) is 0 Å². The molecule has 12 rings (SSSR count). The second kappa shape index (κ2) is 12.6. The van der Waals surface area contributed by atoms with Crippen LogP contribution < -0.4 is 0 Å². The van der Waals surface area contributed by atoms with Crippen LogP contribution in [0.2, 0.25) is 0 Å². The summed E-state index contributed by atoms with van der Waals surface area (Å²) in [5.74, 6) is 0.676. The van der Waals surface area contributed by atoms with Crippen molar-refractivity contribution in [3.8, 4) is 56.2 Å². The molecule has 2 aliphatic rings. The highest BCUT2D eigenvalue weighted by Crippen LogP contribution is 2.59. The van der Waals surface area contributed by atoms with Crippen LogP contribution in [0.15, 0.2) is 199 Å². The maximum absolute atomic E-state index is 6.68. The lowest BCUT2D eigenvalue weighted by atomic mass is 9.66. The van der Waals surface area contributed by atoms with Crippen LogP contribution >= 0.6 is 0 Å². The minimum atomic E-state index is -0.625. The molecule has 2 heterocycles. The van der Waals surface area contributed by atoms with E-state index in [4.69, 9.17) is 14.4 Å². The van der Waals surface area contributed by atoms with Gasteiger partial charge in [0, 0.05) is 32.9 Å². The molecule has 3 heteroatoms. The smallest absolute Gasteiger partial charge is 0.160 e. The first kappa shape index (κ1) is 33.7. The van der Waals surface area contributed by atoms with E-state index < -0.39 is 5.41 Å². The van der Waals surface area contributed by atoms with Crippen molar-refractivity contribution in [2.75, 3.05) is 0 Å². The van der Waals surface area contributed by atoms with Crippen molar-refractivity contribution < 1.29 is 4.42 Å². The number of fused-ring (bicyclic) bond motifs is 9. The van der Waals surface area contributed by atoms with Gasteiger partial charge in [-0.2, -0.15) is 0 Å². The van der Waals surface area contributed by atoms with Crippen molar-refractivity contribution in [2.45, 2.75) is 24.7 Å². The monoisotopic (exact) mass is 754 g/mol. The first-order chi connectivity index (χ1) is 29.0. The van der Waals surface area contributed by atoms with Crippen LogP contribution in [0.25, 0.3) is 78.1 Å². The van der Waals surface area contributed by atoms with E-state index in [2.05, 4.69) is 196 Å². The number of para-hydroxylation sites is 2. The van der Waals surface area contributed by atoms with Gasteiger partial charge in [-0.1, -0.05) is 190 Å². The van der Waals surface area contributed by atoms with Crippen LogP contribution in [0.4, 0.5) is 0 Å². The Balaban J connectivity index is 1.20. The molecular formula is C56H38N2O. The van der Waals surface area contributed by atoms with Gasteiger partial charge in [0.1, 0.15) is 11.2 Å². The van der Waals surface area contributed by atoms with Crippen molar-refractivity contribution >= 4 is 21.9 Å². The zero-order chi connectivity index (χ0) is 39.3. The van der Waals surface area contributed by atoms with Gasteiger partial charge in [-0.25, -0.2) is 9.97 Å². The quantitative estimate of drug-likeness (QED) is 0.176. The number of hydrogen-bond donors (Lipinski definition) is 0. The Morgan fingerprint density at radius 3 is 1.71 bits per heavy atom. The van der Waals surface area contributed by atoms with E-state index in [-0.39, 0.29) is 5.41 Å². The van der Waals surface area contributed by atoms with Gasteiger partial charge in [-0.15, -0.1) is 0 Å². The number of hydrogen-bond acceptors (Lipinski definition) is 3. The number of furan rings is 1. The number of benzene rings is 8. The Morgan fingerprint density at radius 1 is 0.407 bits per heavy atom. The summed E-state index contributed by atoms with van der Waals surface area (Å²) in [6.07, 6.45) is 0. The maximum atomic E-state index is 6.68. The van der Waals surface area contributed by atoms with E-state index in [0.29, 0.717) is 5.82 Å². The highest BCUT2D eigenvalue weighted by Gasteiger charge is 2.48. The van der Waals surface area contributed by atoms with E-state index in [1.54, 1.807) is 0 Å². The van der Waals surface area contributed by atoms with Gasteiger partial charge >= 0.3 is 0 Å². The molecule has 0 atom stereocenters. The summed E-state index contributed by atoms with van der Waals surface area (Å²) >= 11 is 0. The topological polar surface area (TPSA) is 38.9 Å². The minimum Gasteiger partial charge on any atom is -0.455 e. The number of nitrogens with zero attached hydrogens (tertiary/aromatic N) is 2. The minimum absolute atomic E-state index is 0.155. The lowest BCUT2D eigenvalue weighted by molar-refractivity contribution is 0.660. The summed E-state index contributed by atoms with van der Waals surface area (Å²) < 4.78 is 6.68. The molecule has 0 bridgehead atoms.